The van der Waals surface area contributed by atoms with Crippen molar-refractivity contribution >= 4 is 34.1 Å². The van der Waals surface area contributed by atoms with Crippen molar-refractivity contribution in [2.24, 2.45) is 5.92 Å². The van der Waals surface area contributed by atoms with E-state index in [1.165, 1.54) is 23.1 Å². The molecular formula is C15H21N5OS2. The van der Waals surface area contributed by atoms with Crippen molar-refractivity contribution in [1.82, 2.24) is 20.5 Å². The van der Waals surface area contributed by atoms with Crippen LogP contribution in [0.4, 0.5) is 5.13 Å². The molecule has 0 fully saturated rings. The van der Waals surface area contributed by atoms with Crippen LogP contribution in [0.15, 0.2) is 28.9 Å². The highest BCUT2D eigenvalue weighted by Crippen LogP contribution is 2.32. The summed E-state index contributed by atoms with van der Waals surface area (Å²) in [5, 5.41) is 14.9. The second kappa shape index (κ2) is 8.83. The Labute approximate surface area is 144 Å². The van der Waals surface area contributed by atoms with Crippen molar-refractivity contribution in [2.45, 2.75) is 36.9 Å². The van der Waals surface area contributed by atoms with Gasteiger partial charge >= 0.3 is 0 Å². The van der Waals surface area contributed by atoms with Crippen molar-refractivity contribution < 1.29 is 4.79 Å². The van der Waals surface area contributed by atoms with E-state index in [9.17, 15) is 4.79 Å². The van der Waals surface area contributed by atoms with E-state index < -0.39 is 0 Å². The Morgan fingerprint density at radius 2 is 2.22 bits per heavy atom. The molecule has 0 spiro atoms. The number of pyridine rings is 1. The van der Waals surface area contributed by atoms with Gasteiger partial charge in [-0.05, 0) is 24.5 Å². The third kappa shape index (κ3) is 5.47. The summed E-state index contributed by atoms with van der Waals surface area (Å²) in [7, 11) is 0. The Kier molecular flexibility index (Phi) is 6.79. The third-order valence-corrected chi connectivity index (χ3v) is 5.53. The number of nitrogens with zero attached hydrogens (tertiary/aromatic N) is 3. The minimum absolute atomic E-state index is 0.00838. The average molecular weight is 352 g/mol. The Hall–Kier alpha value is -1.67. The molecule has 2 N–H and O–H groups in total. The molecular weight excluding hydrogens is 330 g/mol. The van der Waals surface area contributed by atoms with Gasteiger partial charge in [0.15, 0.2) is 4.34 Å². The first-order valence-corrected chi connectivity index (χ1v) is 9.20. The highest BCUT2D eigenvalue weighted by Gasteiger charge is 2.25. The lowest BCUT2D eigenvalue weighted by Crippen LogP contribution is -2.35. The van der Waals surface area contributed by atoms with Gasteiger partial charge in [-0.3, -0.25) is 9.78 Å². The maximum absolute atomic E-state index is 12.5. The number of aromatic nitrogens is 3. The summed E-state index contributed by atoms with van der Waals surface area (Å²) < 4.78 is 0.802. The van der Waals surface area contributed by atoms with E-state index in [0.29, 0.717) is 6.54 Å². The van der Waals surface area contributed by atoms with Gasteiger partial charge in [-0.1, -0.05) is 43.0 Å². The highest BCUT2D eigenvalue weighted by molar-refractivity contribution is 8.02. The predicted octanol–water partition coefficient (Wildman–Crippen LogP) is 2.80. The van der Waals surface area contributed by atoms with E-state index in [-0.39, 0.29) is 17.1 Å². The van der Waals surface area contributed by atoms with Gasteiger partial charge in [-0.15, -0.1) is 10.2 Å². The van der Waals surface area contributed by atoms with E-state index in [1.807, 2.05) is 32.9 Å². The SMILES string of the molecule is CCNc1nnc(S[C@H](C(=O)NCc2cccnc2)C(C)C)s1. The number of rotatable bonds is 8. The van der Waals surface area contributed by atoms with Crippen LogP contribution in [-0.4, -0.2) is 32.9 Å². The van der Waals surface area contributed by atoms with Crippen molar-refractivity contribution in [3.63, 3.8) is 0 Å². The zero-order valence-electron chi connectivity index (χ0n) is 13.4. The second-order valence-corrected chi connectivity index (χ2v) is 7.63. The van der Waals surface area contributed by atoms with Gasteiger partial charge in [-0.2, -0.15) is 0 Å². The third-order valence-electron chi connectivity index (χ3n) is 3.02. The summed E-state index contributed by atoms with van der Waals surface area (Å²) in [5.74, 6) is 0.203. The van der Waals surface area contributed by atoms with Gasteiger partial charge in [-0.25, -0.2) is 0 Å². The first-order valence-electron chi connectivity index (χ1n) is 7.50. The fourth-order valence-electron chi connectivity index (χ4n) is 1.87. The van der Waals surface area contributed by atoms with Crippen molar-refractivity contribution in [2.75, 3.05) is 11.9 Å². The lowest BCUT2D eigenvalue weighted by molar-refractivity contribution is -0.121. The van der Waals surface area contributed by atoms with E-state index in [2.05, 4.69) is 25.8 Å². The second-order valence-electron chi connectivity index (χ2n) is 5.26. The standard InChI is InChI=1S/C15H21N5OS2/c1-4-17-14-19-20-15(23-14)22-12(10(2)3)13(21)18-9-11-6-5-7-16-8-11/h5-8,10,12H,4,9H2,1-3H3,(H,17,19)(H,18,21)/t12-/m0/s1. The molecule has 0 radical (unpaired) electrons. The zero-order chi connectivity index (χ0) is 16.7. The minimum atomic E-state index is -0.200. The van der Waals surface area contributed by atoms with Gasteiger partial charge < -0.3 is 10.6 Å². The van der Waals surface area contributed by atoms with Crippen LogP contribution in [0.1, 0.15) is 26.3 Å². The summed E-state index contributed by atoms with van der Waals surface area (Å²) in [6.07, 6.45) is 3.47. The maximum atomic E-state index is 12.5. The number of anilines is 1. The molecule has 0 unspecified atom stereocenters. The molecule has 1 amide bonds. The maximum Gasteiger partial charge on any atom is 0.234 e. The molecule has 0 bridgehead atoms. The quantitative estimate of drug-likeness (QED) is 0.712. The van der Waals surface area contributed by atoms with E-state index in [0.717, 1.165) is 21.6 Å². The number of nitrogens with one attached hydrogen (secondary N) is 2. The average Bonchev–Trinajstić information content (AvgIpc) is 2.99. The Morgan fingerprint density at radius 3 is 2.87 bits per heavy atom. The summed E-state index contributed by atoms with van der Waals surface area (Å²) in [6.45, 7) is 7.37. The summed E-state index contributed by atoms with van der Waals surface area (Å²) in [5.41, 5.74) is 0.985. The highest BCUT2D eigenvalue weighted by atomic mass is 32.2. The van der Waals surface area contributed by atoms with E-state index >= 15 is 0 Å². The number of hydrogen-bond acceptors (Lipinski definition) is 7. The lowest BCUT2D eigenvalue weighted by Gasteiger charge is -2.18. The van der Waals surface area contributed by atoms with Crippen LogP contribution < -0.4 is 10.6 Å². The molecule has 0 aliphatic heterocycles. The van der Waals surface area contributed by atoms with Gasteiger partial charge in [0.2, 0.25) is 11.0 Å². The van der Waals surface area contributed by atoms with Crippen LogP contribution in [0.2, 0.25) is 0 Å². The Balaban J connectivity index is 1.95. The normalized spacial score (nSPS) is 12.2. The number of thioether (sulfide) groups is 1. The molecule has 2 rings (SSSR count). The molecule has 23 heavy (non-hydrogen) atoms. The molecule has 6 nitrogen and oxygen atoms in total. The number of hydrogen-bond donors (Lipinski definition) is 2. The molecule has 0 aliphatic carbocycles. The van der Waals surface area contributed by atoms with Crippen LogP contribution in [0.3, 0.4) is 0 Å². The zero-order valence-corrected chi connectivity index (χ0v) is 15.1. The molecule has 0 saturated carbocycles. The van der Waals surface area contributed by atoms with Gasteiger partial charge in [0.25, 0.3) is 0 Å². The Bertz CT molecular complexity index is 617. The molecule has 0 saturated heterocycles. The molecule has 2 heterocycles. The molecule has 1 atom stereocenters. The summed E-state index contributed by atoms with van der Waals surface area (Å²) in [4.78, 5) is 16.5. The first kappa shape index (κ1) is 17.7. The van der Waals surface area contributed by atoms with Gasteiger partial charge in [0, 0.05) is 25.5 Å². The fourth-order valence-corrected chi connectivity index (χ4v) is 3.93. The number of carbonyl (C=O) groups is 1. The fraction of sp³-hybridized carbons (Fsp3) is 0.467. The predicted molar refractivity (Wildman–Crippen MR) is 94.6 cm³/mol. The van der Waals surface area contributed by atoms with Gasteiger partial charge in [0.1, 0.15) is 0 Å². The summed E-state index contributed by atoms with van der Waals surface area (Å²) >= 11 is 2.94. The molecule has 124 valence electrons. The smallest absolute Gasteiger partial charge is 0.234 e. The van der Waals surface area contributed by atoms with Crippen molar-refractivity contribution in [1.29, 1.82) is 0 Å². The topological polar surface area (TPSA) is 79.8 Å². The van der Waals surface area contributed by atoms with Crippen molar-refractivity contribution in [3.05, 3.63) is 30.1 Å². The van der Waals surface area contributed by atoms with Crippen LogP contribution in [0.25, 0.3) is 0 Å². The number of carbonyl (C=O) groups excluding carboxylic acids is 1. The van der Waals surface area contributed by atoms with Crippen LogP contribution in [0, 0.1) is 5.92 Å². The molecule has 8 heteroatoms. The molecule has 2 aromatic rings. The lowest BCUT2D eigenvalue weighted by atomic mass is 10.1. The number of amides is 1. The minimum Gasteiger partial charge on any atom is -0.360 e. The first-order chi connectivity index (χ1) is 11.1. The molecule has 2 aromatic heterocycles. The van der Waals surface area contributed by atoms with Crippen LogP contribution in [-0.2, 0) is 11.3 Å². The van der Waals surface area contributed by atoms with E-state index in [4.69, 9.17) is 0 Å². The van der Waals surface area contributed by atoms with Crippen LogP contribution >= 0.6 is 23.1 Å². The largest absolute Gasteiger partial charge is 0.360 e. The molecule has 0 aliphatic rings. The van der Waals surface area contributed by atoms with Crippen molar-refractivity contribution in [3.8, 4) is 0 Å². The van der Waals surface area contributed by atoms with Gasteiger partial charge in [0.05, 0.1) is 5.25 Å². The Morgan fingerprint density at radius 1 is 1.39 bits per heavy atom. The van der Waals surface area contributed by atoms with Crippen LogP contribution in [0.5, 0.6) is 0 Å². The van der Waals surface area contributed by atoms with E-state index in [1.54, 1.807) is 12.4 Å². The monoisotopic (exact) mass is 351 g/mol. The molecule has 0 aromatic carbocycles. The summed E-state index contributed by atoms with van der Waals surface area (Å²) in [6, 6.07) is 3.80.